The van der Waals surface area contributed by atoms with Gasteiger partial charge in [0.1, 0.15) is 6.61 Å². The van der Waals surface area contributed by atoms with Crippen molar-refractivity contribution in [1.29, 1.82) is 0 Å². The number of ether oxygens (including phenoxy) is 1. The van der Waals surface area contributed by atoms with E-state index in [4.69, 9.17) is 15.6 Å². The highest BCUT2D eigenvalue weighted by Crippen LogP contribution is 2.15. The summed E-state index contributed by atoms with van der Waals surface area (Å²) in [5, 5.41) is 19.8. The van der Waals surface area contributed by atoms with E-state index in [2.05, 4.69) is 5.32 Å². The summed E-state index contributed by atoms with van der Waals surface area (Å²) in [7, 11) is 0. The van der Waals surface area contributed by atoms with Crippen molar-refractivity contribution >= 4 is 18.0 Å². The lowest BCUT2D eigenvalue weighted by atomic mass is 9.94. The van der Waals surface area contributed by atoms with Crippen molar-refractivity contribution < 1.29 is 29.3 Å². The molecule has 126 valence electrons. The van der Waals surface area contributed by atoms with Gasteiger partial charge in [0.2, 0.25) is 5.54 Å². The first kappa shape index (κ1) is 18.4. The summed E-state index contributed by atoms with van der Waals surface area (Å²) in [5.41, 5.74) is 4.26. The number of rotatable bonds is 9. The number of esters is 1. The Kier molecular flexibility index (Phi) is 7.01. The fourth-order valence-electron chi connectivity index (χ4n) is 1.87. The highest BCUT2D eigenvalue weighted by Gasteiger charge is 2.43. The van der Waals surface area contributed by atoms with E-state index in [9.17, 15) is 19.5 Å². The summed E-state index contributed by atoms with van der Waals surface area (Å²) in [6, 6.07) is 8.83. The van der Waals surface area contributed by atoms with Gasteiger partial charge in [-0.3, -0.25) is 0 Å². The molecule has 1 atom stereocenters. The monoisotopic (exact) mass is 324 g/mol. The van der Waals surface area contributed by atoms with Crippen LogP contribution in [0.5, 0.6) is 0 Å². The zero-order valence-electron chi connectivity index (χ0n) is 12.5. The van der Waals surface area contributed by atoms with Crippen molar-refractivity contribution in [3.63, 3.8) is 0 Å². The molecule has 0 heterocycles. The molecular formula is C15H20N2O6. The number of carboxylic acid groups (broad SMARTS) is 2. The fraction of sp³-hybridized carbons (Fsp3) is 0.400. The summed E-state index contributed by atoms with van der Waals surface area (Å²) in [6.45, 7) is 0.0938. The van der Waals surface area contributed by atoms with Crippen LogP contribution in [0.4, 0.5) is 4.79 Å². The number of carboxylic acids is 1. The predicted octanol–water partition coefficient (Wildman–Crippen LogP) is 0.950. The second-order valence-electron chi connectivity index (χ2n) is 5.03. The third-order valence-corrected chi connectivity index (χ3v) is 3.23. The first-order valence-electron chi connectivity index (χ1n) is 7.06. The zero-order chi connectivity index (χ0) is 17.3. The summed E-state index contributed by atoms with van der Waals surface area (Å²) in [4.78, 5) is 33.6. The Morgan fingerprint density at radius 3 is 2.35 bits per heavy atom. The molecule has 0 aliphatic carbocycles. The maximum Gasteiger partial charge on any atom is 0.404 e. The maximum absolute atomic E-state index is 12.0. The molecular weight excluding hydrogens is 304 g/mol. The van der Waals surface area contributed by atoms with Crippen LogP contribution in [0.2, 0.25) is 0 Å². The van der Waals surface area contributed by atoms with Crippen LogP contribution in [-0.4, -0.2) is 40.3 Å². The van der Waals surface area contributed by atoms with E-state index < -0.39 is 23.6 Å². The van der Waals surface area contributed by atoms with Gasteiger partial charge in [0.15, 0.2) is 0 Å². The van der Waals surface area contributed by atoms with Gasteiger partial charge in [0.25, 0.3) is 0 Å². The molecule has 1 amide bonds. The minimum atomic E-state index is -2.14. The van der Waals surface area contributed by atoms with E-state index in [1.54, 1.807) is 30.3 Å². The standard InChI is InChI=1S/C15H20N2O6/c16-15(12(18)19,8-4-5-9-17-14(21)22)13(20)23-10-11-6-2-1-3-7-11/h1-3,6-7,17H,4-5,8-10,16H2,(H,18,19)(H,21,22). The Balaban J connectivity index is 2.52. The Bertz CT molecular complexity index is 548. The van der Waals surface area contributed by atoms with Crippen LogP contribution in [-0.2, 0) is 20.9 Å². The molecule has 0 fully saturated rings. The van der Waals surface area contributed by atoms with Crippen molar-refractivity contribution in [3.05, 3.63) is 35.9 Å². The number of nitrogens with two attached hydrogens (primary N) is 1. The molecule has 0 aromatic heterocycles. The molecule has 1 rings (SSSR count). The molecule has 0 saturated carbocycles. The molecule has 8 heteroatoms. The van der Waals surface area contributed by atoms with E-state index in [1.165, 1.54) is 0 Å². The van der Waals surface area contributed by atoms with Gasteiger partial charge in [-0.05, 0) is 24.8 Å². The maximum atomic E-state index is 12.0. The van der Waals surface area contributed by atoms with Gasteiger partial charge in [0.05, 0.1) is 0 Å². The van der Waals surface area contributed by atoms with Gasteiger partial charge in [-0.15, -0.1) is 0 Å². The topological polar surface area (TPSA) is 139 Å². The zero-order valence-corrected chi connectivity index (χ0v) is 12.5. The number of unbranched alkanes of at least 4 members (excludes halogenated alkanes) is 1. The van der Waals surface area contributed by atoms with E-state index >= 15 is 0 Å². The van der Waals surface area contributed by atoms with Crippen molar-refractivity contribution in [2.24, 2.45) is 5.73 Å². The van der Waals surface area contributed by atoms with E-state index in [0.717, 1.165) is 5.56 Å². The third kappa shape index (κ3) is 5.95. The fourth-order valence-corrected chi connectivity index (χ4v) is 1.87. The lowest BCUT2D eigenvalue weighted by Gasteiger charge is -2.22. The third-order valence-electron chi connectivity index (χ3n) is 3.23. The van der Waals surface area contributed by atoms with Crippen LogP contribution in [0.3, 0.4) is 0 Å². The number of carbonyl (C=O) groups excluding carboxylic acids is 1. The van der Waals surface area contributed by atoms with Crippen LogP contribution < -0.4 is 11.1 Å². The highest BCUT2D eigenvalue weighted by molar-refractivity contribution is 6.03. The number of carbonyl (C=O) groups is 3. The molecule has 0 saturated heterocycles. The van der Waals surface area contributed by atoms with Gasteiger partial charge in [-0.2, -0.15) is 0 Å². The van der Waals surface area contributed by atoms with Gasteiger partial charge in [0, 0.05) is 6.54 Å². The number of aliphatic carboxylic acids is 1. The van der Waals surface area contributed by atoms with Gasteiger partial charge < -0.3 is 26.0 Å². The molecule has 0 bridgehead atoms. The Morgan fingerprint density at radius 1 is 1.13 bits per heavy atom. The van der Waals surface area contributed by atoms with Gasteiger partial charge >= 0.3 is 18.0 Å². The first-order valence-corrected chi connectivity index (χ1v) is 7.06. The first-order chi connectivity index (χ1) is 10.9. The van der Waals surface area contributed by atoms with Crippen molar-refractivity contribution in [2.45, 2.75) is 31.4 Å². The molecule has 23 heavy (non-hydrogen) atoms. The summed E-state index contributed by atoms with van der Waals surface area (Å²) in [5.74, 6) is -2.48. The van der Waals surface area contributed by atoms with Crippen LogP contribution >= 0.6 is 0 Å². The molecule has 5 N–H and O–H groups in total. The van der Waals surface area contributed by atoms with E-state index in [0.29, 0.717) is 6.42 Å². The van der Waals surface area contributed by atoms with Crippen LogP contribution in [0.15, 0.2) is 30.3 Å². The molecule has 1 aromatic rings. The van der Waals surface area contributed by atoms with Gasteiger partial charge in [-0.25, -0.2) is 14.4 Å². The minimum Gasteiger partial charge on any atom is -0.479 e. The molecule has 1 unspecified atom stereocenters. The van der Waals surface area contributed by atoms with Gasteiger partial charge in [-0.1, -0.05) is 30.3 Å². The van der Waals surface area contributed by atoms with Crippen molar-refractivity contribution in [2.75, 3.05) is 6.54 Å². The minimum absolute atomic E-state index is 0.0630. The molecule has 0 radical (unpaired) electrons. The number of hydrogen-bond acceptors (Lipinski definition) is 5. The van der Waals surface area contributed by atoms with Crippen LogP contribution in [0.1, 0.15) is 24.8 Å². The Hall–Kier alpha value is -2.61. The smallest absolute Gasteiger partial charge is 0.404 e. The number of amides is 1. The number of nitrogens with one attached hydrogen (secondary N) is 1. The summed E-state index contributed by atoms with van der Waals surface area (Å²) < 4.78 is 5.00. The summed E-state index contributed by atoms with van der Waals surface area (Å²) in [6.07, 6.45) is -0.671. The Labute approximate surface area is 133 Å². The quantitative estimate of drug-likeness (QED) is 0.301. The molecule has 0 aliphatic rings. The molecule has 0 aliphatic heterocycles. The van der Waals surface area contributed by atoms with Crippen molar-refractivity contribution in [3.8, 4) is 0 Å². The highest BCUT2D eigenvalue weighted by atomic mass is 16.5. The lowest BCUT2D eigenvalue weighted by Crippen LogP contribution is -2.55. The molecule has 8 nitrogen and oxygen atoms in total. The van der Waals surface area contributed by atoms with E-state index in [1.807, 2.05) is 0 Å². The molecule has 1 aromatic carbocycles. The molecule has 0 spiro atoms. The van der Waals surface area contributed by atoms with Crippen LogP contribution in [0, 0.1) is 0 Å². The SMILES string of the molecule is NC(CCCCNC(=O)O)(C(=O)O)C(=O)OCc1ccccc1. The summed E-state index contributed by atoms with van der Waals surface area (Å²) >= 11 is 0. The normalized spacial score (nSPS) is 12.9. The Morgan fingerprint density at radius 2 is 1.78 bits per heavy atom. The average molecular weight is 324 g/mol. The lowest BCUT2D eigenvalue weighted by molar-refractivity contribution is -0.162. The average Bonchev–Trinajstić information content (AvgIpc) is 2.52. The number of hydrogen-bond donors (Lipinski definition) is 4. The predicted molar refractivity (Wildman–Crippen MR) is 80.7 cm³/mol. The second-order valence-corrected chi connectivity index (χ2v) is 5.03. The van der Waals surface area contributed by atoms with E-state index in [-0.39, 0.29) is 26.0 Å². The largest absolute Gasteiger partial charge is 0.479 e. The van der Waals surface area contributed by atoms with Crippen LogP contribution in [0.25, 0.3) is 0 Å². The van der Waals surface area contributed by atoms with Crippen molar-refractivity contribution in [1.82, 2.24) is 5.32 Å². The second kappa shape index (κ2) is 8.74. The number of benzene rings is 1.